The van der Waals surface area contributed by atoms with Gasteiger partial charge in [0.15, 0.2) is 24.8 Å². The molecule has 1 saturated carbocycles. The van der Waals surface area contributed by atoms with Crippen molar-refractivity contribution in [2.24, 2.45) is 0 Å². The van der Waals surface area contributed by atoms with Gasteiger partial charge in [-0.2, -0.15) is 0 Å². The highest BCUT2D eigenvalue weighted by Gasteiger charge is 2.60. The Morgan fingerprint density at radius 1 is 0.336 bits per heavy atom. The molecule has 3 aliphatic rings. The second kappa shape index (κ2) is 69.6. The van der Waals surface area contributed by atoms with Crippen LogP contribution >= 0.6 is 7.82 Å². The summed E-state index contributed by atoms with van der Waals surface area (Å²) in [6.45, 7) is 5.60. The van der Waals surface area contributed by atoms with Gasteiger partial charge in [0.2, 0.25) is 0 Å². The minimum Gasteiger partial charge on any atom is -0.463 e. The van der Waals surface area contributed by atoms with Crippen molar-refractivity contribution in [1.29, 1.82) is 0 Å². The molecule has 2 aliphatic heterocycles. The molecule has 18 atom stereocenters. The molecule has 0 spiro atoms. The summed E-state index contributed by atoms with van der Waals surface area (Å²) >= 11 is 0. The van der Waals surface area contributed by atoms with Gasteiger partial charge in [-0.3, -0.25) is 28.2 Å². The first-order chi connectivity index (χ1) is 56.2. The number of allylic oxidation sites excluding steroid dienone is 2. The van der Waals surface area contributed by atoms with Gasteiger partial charge in [0.25, 0.3) is 0 Å². The Hall–Kier alpha value is -2.79. The number of hydrogen-bond acceptors (Lipinski definition) is 24. The quantitative estimate of drug-likeness (QED) is 0.00889. The molecule has 3 rings (SSSR count). The lowest BCUT2D eigenvalue weighted by atomic mass is 9.84. The summed E-state index contributed by atoms with van der Waals surface area (Å²) in [5.41, 5.74) is 0. The van der Waals surface area contributed by atoms with Crippen molar-refractivity contribution in [3.63, 3.8) is 0 Å². The first kappa shape index (κ1) is 107. The van der Waals surface area contributed by atoms with Crippen LogP contribution in [0.4, 0.5) is 0 Å². The van der Waals surface area contributed by atoms with E-state index in [-0.39, 0.29) is 25.7 Å². The van der Waals surface area contributed by atoms with Crippen LogP contribution in [-0.2, 0) is 70.7 Å². The van der Waals surface area contributed by atoms with E-state index in [9.17, 15) is 74.6 Å². The molecule has 0 bridgehead atoms. The highest BCUT2D eigenvalue weighted by Crippen LogP contribution is 2.49. The smallest absolute Gasteiger partial charge is 0.463 e. The molecule has 2 saturated heterocycles. The maximum atomic E-state index is 14.9. The van der Waals surface area contributed by atoms with Gasteiger partial charge in [-0.25, -0.2) is 4.57 Å². The van der Waals surface area contributed by atoms with Crippen LogP contribution in [0.3, 0.4) is 0 Å². The molecule has 1 aliphatic carbocycles. The first-order valence-electron chi connectivity index (χ1n) is 46.9. The molecule has 0 radical (unpaired) electrons. The van der Waals surface area contributed by atoms with Crippen LogP contribution in [0.25, 0.3) is 0 Å². The van der Waals surface area contributed by atoms with Gasteiger partial charge >= 0.3 is 31.7 Å². The number of phosphoric acid groups is 1. The number of rotatable bonds is 76. The third-order valence-electron chi connectivity index (χ3n) is 23.0. The lowest BCUT2D eigenvalue weighted by Gasteiger charge is -2.50. The summed E-state index contributed by atoms with van der Waals surface area (Å²) in [4.78, 5) is 66.4. The van der Waals surface area contributed by atoms with Crippen LogP contribution in [0.5, 0.6) is 0 Å². The molecule has 26 heteroatoms. The van der Waals surface area contributed by atoms with Crippen LogP contribution < -0.4 is 0 Å². The maximum Gasteiger partial charge on any atom is 0.472 e. The van der Waals surface area contributed by atoms with Gasteiger partial charge < -0.3 is 88.7 Å². The Kier molecular flexibility index (Phi) is 64.4. The van der Waals surface area contributed by atoms with Crippen LogP contribution in [0.15, 0.2) is 12.2 Å². The largest absolute Gasteiger partial charge is 0.472 e. The summed E-state index contributed by atoms with van der Waals surface area (Å²) < 4.78 is 73.4. The summed E-state index contributed by atoms with van der Waals surface area (Å²) in [6.07, 6.45) is 27.8. The predicted octanol–water partition coefficient (Wildman–Crippen LogP) is 17.2. The van der Waals surface area contributed by atoms with E-state index in [1.165, 1.54) is 173 Å². The van der Waals surface area contributed by atoms with E-state index >= 15 is 0 Å². The summed E-state index contributed by atoms with van der Waals surface area (Å²) in [6, 6.07) is 0. The normalized spacial score (nSPS) is 25.2. The number of carbonyl (C=O) groups excluding carboxylic acids is 4. The van der Waals surface area contributed by atoms with Crippen LogP contribution in [-0.4, -0.2) is 205 Å². The molecule has 116 heavy (non-hydrogen) atoms. The van der Waals surface area contributed by atoms with Crippen LogP contribution in [0, 0.1) is 0 Å². The van der Waals surface area contributed by atoms with Crippen molar-refractivity contribution < 1.29 is 122 Å². The Balaban J connectivity index is 1.91. The van der Waals surface area contributed by atoms with E-state index in [1.807, 2.05) is 0 Å². The molecule has 3 fully saturated rings. The minimum absolute atomic E-state index is 0.0111. The van der Waals surface area contributed by atoms with E-state index in [2.05, 4.69) is 39.8 Å². The average Bonchev–Trinajstić information content (AvgIpc) is 0.754. The number of unbranched alkanes of at least 4 members (excludes halogenated alkanes) is 50. The summed E-state index contributed by atoms with van der Waals surface area (Å²) in [5.74, 6) is -2.95. The topological polar surface area (TPSA) is 380 Å². The number of esters is 4. The second-order valence-electron chi connectivity index (χ2n) is 33.5. The van der Waals surface area contributed by atoms with Crippen molar-refractivity contribution in [2.75, 3.05) is 26.4 Å². The first-order valence-corrected chi connectivity index (χ1v) is 48.4. The third kappa shape index (κ3) is 49.5. The number of carbonyl (C=O) groups is 4. The molecule has 0 aromatic heterocycles. The third-order valence-corrected chi connectivity index (χ3v) is 24.0. The number of ether oxygens (including phenoxy) is 8. The average molecular weight is 1680 g/mol. The standard InChI is InChI=1S/C90H167O25P/c1-5-9-13-17-21-25-29-33-35-37-41-45-48-52-56-60-64-75(94)109-70(67-106-73(92)62-58-54-50-46-42-38-31-27-23-19-15-11-7-3)68-108-116(104,105)115-88-86(113-89-83(102)79(98)77(96)71(66-91)110-89)82(101)81(100)85(112-76(95)65-61-57-53-49-44-39-32-28-24-20-16-12-8-4)87(88)114-90-84(103)80(99)78(97)72(111-90)69-107-74(93)63-59-55-51-47-43-40-36-34-30-26-22-18-14-10-6-2/h26,30,70-72,77-91,96-103H,5-25,27-29,31-69H2,1-4H3,(H,104,105)/b30-26-. The van der Waals surface area contributed by atoms with E-state index < -0.39 is 162 Å². The van der Waals surface area contributed by atoms with Gasteiger partial charge in [-0.05, 0) is 51.4 Å². The van der Waals surface area contributed by atoms with Crippen LogP contribution in [0.1, 0.15) is 407 Å². The second-order valence-corrected chi connectivity index (χ2v) is 34.9. The fourth-order valence-corrected chi connectivity index (χ4v) is 16.5. The van der Waals surface area contributed by atoms with E-state index in [0.717, 1.165) is 148 Å². The lowest BCUT2D eigenvalue weighted by molar-refractivity contribution is -0.360. The van der Waals surface area contributed by atoms with Crippen molar-refractivity contribution >= 4 is 31.7 Å². The van der Waals surface area contributed by atoms with E-state index in [1.54, 1.807) is 0 Å². The van der Waals surface area contributed by atoms with Gasteiger partial charge in [0, 0.05) is 25.7 Å². The molecule has 25 nitrogen and oxygen atoms in total. The highest BCUT2D eigenvalue weighted by atomic mass is 31.2. The van der Waals surface area contributed by atoms with Crippen molar-refractivity contribution in [3.05, 3.63) is 12.2 Å². The molecule has 0 aromatic rings. The fraction of sp³-hybridized carbons (Fsp3) is 0.933. The van der Waals surface area contributed by atoms with E-state index in [4.69, 9.17) is 46.9 Å². The van der Waals surface area contributed by atoms with Crippen molar-refractivity contribution in [2.45, 2.75) is 511 Å². The maximum absolute atomic E-state index is 14.9. The number of aliphatic hydroxyl groups excluding tert-OH is 9. The zero-order valence-electron chi connectivity index (χ0n) is 72.6. The SMILES string of the molecule is CCCCCC/C=C\CCCCCCCCCC(=O)OCC1OC(OC2C(OC(=O)CCCCCCCCCCCCCCC)C(O)C(O)C(OC3OC(CO)C(O)C(O)C3O)C2OP(=O)(O)OCC(COC(=O)CCCCCCCCCCCCCCC)OC(=O)CCCCCCCCCCCCCCCCCC)C(O)C(O)C1O. The Labute approximate surface area is 699 Å². The molecule has 0 amide bonds. The molecular weight excluding hydrogens is 1510 g/mol. The van der Waals surface area contributed by atoms with Crippen LogP contribution in [0.2, 0.25) is 0 Å². The monoisotopic (exact) mass is 1680 g/mol. The number of aliphatic hydroxyl groups is 9. The zero-order valence-corrected chi connectivity index (χ0v) is 73.5. The Bertz CT molecular complexity index is 2460. The molecule has 0 aromatic carbocycles. The predicted molar refractivity (Wildman–Crippen MR) is 449 cm³/mol. The minimum atomic E-state index is -5.80. The zero-order chi connectivity index (χ0) is 84.7. The van der Waals surface area contributed by atoms with Gasteiger partial charge in [0.05, 0.1) is 13.2 Å². The number of phosphoric ester groups is 1. The van der Waals surface area contributed by atoms with E-state index in [0.29, 0.717) is 32.1 Å². The van der Waals surface area contributed by atoms with Crippen molar-refractivity contribution in [3.8, 4) is 0 Å². The summed E-state index contributed by atoms with van der Waals surface area (Å²) in [7, 11) is -5.80. The Morgan fingerprint density at radius 2 is 0.647 bits per heavy atom. The molecular formula is C90H167O25P. The molecule has 682 valence electrons. The van der Waals surface area contributed by atoms with Crippen molar-refractivity contribution in [1.82, 2.24) is 0 Å². The summed E-state index contributed by atoms with van der Waals surface area (Å²) in [5, 5.41) is 102. The lowest BCUT2D eigenvalue weighted by Crippen LogP contribution is -2.70. The number of hydrogen-bond donors (Lipinski definition) is 10. The van der Waals surface area contributed by atoms with Gasteiger partial charge in [-0.15, -0.1) is 0 Å². The van der Waals surface area contributed by atoms with Gasteiger partial charge in [0.1, 0.15) is 92.6 Å². The molecule has 2 heterocycles. The Morgan fingerprint density at radius 3 is 1.03 bits per heavy atom. The molecule has 18 unspecified atom stereocenters. The molecule has 10 N–H and O–H groups in total. The fourth-order valence-electron chi connectivity index (χ4n) is 15.5. The highest BCUT2D eigenvalue weighted by molar-refractivity contribution is 7.47. The van der Waals surface area contributed by atoms with Gasteiger partial charge in [-0.1, -0.05) is 342 Å².